The van der Waals surface area contributed by atoms with E-state index in [0.29, 0.717) is 24.9 Å². The smallest absolute Gasteiger partial charge is 0.304 e. The summed E-state index contributed by atoms with van der Waals surface area (Å²) in [6, 6.07) is 0.226. The third-order valence-corrected chi connectivity index (χ3v) is 2.79. The lowest BCUT2D eigenvalue weighted by Gasteiger charge is -2.23. The molecule has 6 heteroatoms. The normalized spacial score (nSPS) is 12.4. The number of nitrogens with zero attached hydrogens (tertiary/aromatic N) is 3. The fourth-order valence-corrected chi connectivity index (χ4v) is 1.55. The standard InChI is InChI=1S/C13H23N3O3/c1-9(2)16(7-6-11(17)18)8-10-14-15-12(19-10)13(3,4)5/h9H,6-8H2,1-5H3,(H,17,18). The molecule has 0 amide bonds. The Hall–Kier alpha value is -1.43. The van der Waals surface area contributed by atoms with E-state index in [9.17, 15) is 4.79 Å². The molecule has 1 heterocycles. The molecule has 0 aliphatic carbocycles. The molecule has 1 aromatic rings. The second-order valence-electron chi connectivity index (χ2n) is 5.96. The van der Waals surface area contributed by atoms with E-state index < -0.39 is 5.97 Å². The van der Waals surface area contributed by atoms with Crippen molar-refractivity contribution < 1.29 is 14.3 Å². The predicted molar refractivity (Wildman–Crippen MR) is 70.8 cm³/mol. The molecule has 0 aliphatic heterocycles. The fraction of sp³-hybridized carbons (Fsp3) is 0.769. The predicted octanol–water partition coefficient (Wildman–Crippen LogP) is 2.05. The van der Waals surface area contributed by atoms with Gasteiger partial charge < -0.3 is 9.52 Å². The van der Waals surface area contributed by atoms with Gasteiger partial charge in [0.15, 0.2) is 0 Å². The lowest BCUT2D eigenvalue weighted by molar-refractivity contribution is -0.137. The second-order valence-corrected chi connectivity index (χ2v) is 5.96. The second kappa shape index (κ2) is 6.14. The number of aliphatic carboxylic acids is 1. The van der Waals surface area contributed by atoms with Crippen molar-refractivity contribution in [2.24, 2.45) is 0 Å². The largest absolute Gasteiger partial charge is 0.481 e. The molecule has 0 radical (unpaired) electrons. The van der Waals surface area contributed by atoms with Crippen LogP contribution in [0.1, 0.15) is 52.8 Å². The van der Waals surface area contributed by atoms with Crippen LogP contribution in [0, 0.1) is 0 Å². The van der Waals surface area contributed by atoms with Gasteiger partial charge >= 0.3 is 5.97 Å². The first-order valence-electron chi connectivity index (χ1n) is 6.49. The molecular formula is C13H23N3O3. The molecule has 1 rings (SSSR count). The van der Waals surface area contributed by atoms with E-state index in [4.69, 9.17) is 9.52 Å². The van der Waals surface area contributed by atoms with Crippen LogP contribution in [-0.2, 0) is 16.8 Å². The molecule has 0 bridgehead atoms. The van der Waals surface area contributed by atoms with Crippen LogP contribution < -0.4 is 0 Å². The van der Waals surface area contributed by atoms with Gasteiger partial charge in [-0.1, -0.05) is 20.8 Å². The zero-order chi connectivity index (χ0) is 14.6. The Morgan fingerprint density at radius 2 is 2.00 bits per heavy atom. The lowest BCUT2D eigenvalue weighted by Crippen LogP contribution is -2.32. The van der Waals surface area contributed by atoms with Crippen molar-refractivity contribution in [1.29, 1.82) is 0 Å². The average molecular weight is 269 g/mol. The van der Waals surface area contributed by atoms with E-state index in [-0.39, 0.29) is 17.9 Å². The average Bonchev–Trinajstić information content (AvgIpc) is 2.71. The third kappa shape index (κ3) is 4.98. The Morgan fingerprint density at radius 3 is 2.42 bits per heavy atom. The molecule has 0 atom stereocenters. The highest BCUT2D eigenvalue weighted by molar-refractivity contribution is 5.66. The minimum Gasteiger partial charge on any atom is -0.481 e. The maximum absolute atomic E-state index is 10.6. The molecule has 19 heavy (non-hydrogen) atoms. The molecule has 0 aromatic carbocycles. The summed E-state index contributed by atoms with van der Waals surface area (Å²) in [5.41, 5.74) is -0.172. The molecular weight excluding hydrogens is 246 g/mol. The van der Waals surface area contributed by atoms with Gasteiger partial charge in [0.05, 0.1) is 13.0 Å². The van der Waals surface area contributed by atoms with Gasteiger partial charge in [0.2, 0.25) is 11.8 Å². The van der Waals surface area contributed by atoms with Gasteiger partial charge in [0.1, 0.15) is 0 Å². The Kier molecular flexibility index (Phi) is 5.05. The van der Waals surface area contributed by atoms with Crippen molar-refractivity contribution >= 4 is 5.97 Å². The molecule has 1 aromatic heterocycles. The molecule has 0 saturated carbocycles. The summed E-state index contributed by atoms with van der Waals surface area (Å²) in [4.78, 5) is 12.6. The highest BCUT2D eigenvalue weighted by Gasteiger charge is 2.22. The summed E-state index contributed by atoms with van der Waals surface area (Å²) in [5, 5.41) is 16.8. The lowest BCUT2D eigenvalue weighted by atomic mass is 9.97. The molecule has 108 valence electrons. The Bertz CT molecular complexity index is 421. The Labute approximate surface area is 113 Å². The number of aromatic nitrogens is 2. The summed E-state index contributed by atoms with van der Waals surface area (Å²) in [6.45, 7) is 11.0. The first-order chi connectivity index (χ1) is 8.70. The summed E-state index contributed by atoms with van der Waals surface area (Å²) >= 11 is 0. The number of rotatable bonds is 6. The van der Waals surface area contributed by atoms with Crippen molar-refractivity contribution in [2.75, 3.05) is 6.54 Å². The Morgan fingerprint density at radius 1 is 1.37 bits per heavy atom. The van der Waals surface area contributed by atoms with Crippen molar-refractivity contribution in [3.63, 3.8) is 0 Å². The molecule has 0 fully saturated rings. The first-order valence-corrected chi connectivity index (χ1v) is 6.49. The van der Waals surface area contributed by atoms with Crippen LogP contribution >= 0.6 is 0 Å². The van der Waals surface area contributed by atoms with Crippen LogP contribution in [0.15, 0.2) is 4.42 Å². The summed E-state index contributed by atoms with van der Waals surface area (Å²) < 4.78 is 5.62. The van der Waals surface area contributed by atoms with Crippen molar-refractivity contribution in [3.05, 3.63) is 11.8 Å². The molecule has 0 spiro atoms. The summed E-state index contributed by atoms with van der Waals surface area (Å²) in [5.74, 6) is 0.333. The van der Waals surface area contributed by atoms with Gasteiger partial charge in [-0.15, -0.1) is 10.2 Å². The van der Waals surface area contributed by atoms with Crippen LogP contribution in [0.25, 0.3) is 0 Å². The quantitative estimate of drug-likeness (QED) is 0.851. The monoisotopic (exact) mass is 269 g/mol. The van der Waals surface area contributed by atoms with Gasteiger partial charge in [-0.25, -0.2) is 0 Å². The van der Waals surface area contributed by atoms with E-state index in [1.54, 1.807) is 0 Å². The fourth-order valence-electron chi connectivity index (χ4n) is 1.55. The van der Waals surface area contributed by atoms with Gasteiger partial charge in [-0.05, 0) is 13.8 Å². The topological polar surface area (TPSA) is 79.5 Å². The SMILES string of the molecule is CC(C)N(CCC(=O)O)Cc1nnc(C(C)(C)C)o1. The minimum atomic E-state index is -0.799. The first kappa shape index (κ1) is 15.6. The molecule has 0 saturated heterocycles. The maximum atomic E-state index is 10.6. The van der Waals surface area contributed by atoms with Crippen molar-refractivity contribution in [2.45, 2.75) is 59.0 Å². The summed E-state index contributed by atoms with van der Waals surface area (Å²) in [6.07, 6.45) is 0.110. The highest BCUT2D eigenvalue weighted by Crippen LogP contribution is 2.21. The van der Waals surface area contributed by atoms with Crippen molar-refractivity contribution in [1.82, 2.24) is 15.1 Å². The van der Waals surface area contributed by atoms with Gasteiger partial charge in [-0.3, -0.25) is 9.69 Å². The number of hydrogen-bond donors (Lipinski definition) is 1. The number of carboxylic acids is 1. The number of carbonyl (C=O) groups is 1. The highest BCUT2D eigenvalue weighted by atomic mass is 16.4. The van der Waals surface area contributed by atoms with E-state index in [2.05, 4.69) is 10.2 Å². The van der Waals surface area contributed by atoms with E-state index in [0.717, 1.165) is 0 Å². The van der Waals surface area contributed by atoms with Crippen LogP contribution in [-0.4, -0.2) is 38.8 Å². The van der Waals surface area contributed by atoms with Gasteiger partial charge in [0, 0.05) is 18.0 Å². The van der Waals surface area contributed by atoms with E-state index >= 15 is 0 Å². The molecule has 0 unspecified atom stereocenters. The number of carboxylic acid groups (broad SMARTS) is 1. The third-order valence-electron chi connectivity index (χ3n) is 2.79. The maximum Gasteiger partial charge on any atom is 0.304 e. The van der Waals surface area contributed by atoms with Gasteiger partial charge in [-0.2, -0.15) is 0 Å². The van der Waals surface area contributed by atoms with Crippen molar-refractivity contribution in [3.8, 4) is 0 Å². The zero-order valence-corrected chi connectivity index (χ0v) is 12.3. The van der Waals surface area contributed by atoms with Crippen LogP contribution in [0.3, 0.4) is 0 Å². The van der Waals surface area contributed by atoms with E-state index in [1.165, 1.54) is 0 Å². The van der Waals surface area contributed by atoms with Crippen LogP contribution in [0.4, 0.5) is 0 Å². The molecule has 6 nitrogen and oxygen atoms in total. The molecule has 1 N–H and O–H groups in total. The molecule has 0 aliphatic rings. The van der Waals surface area contributed by atoms with E-state index in [1.807, 2.05) is 39.5 Å². The Balaban J connectivity index is 2.69. The van der Waals surface area contributed by atoms with Crippen LogP contribution in [0.5, 0.6) is 0 Å². The van der Waals surface area contributed by atoms with Gasteiger partial charge in [0.25, 0.3) is 0 Å². The number of hydrogen-bond acceptors (Lipinski definition) is 5. The minimum absolute atomic E-state index is 0.110. The summed E-state index contributed by atoms with van der Waals surface area (Å²) in [7, 11) is 0. The zero-order valence-electron chi connectivity index (χ0n) is 12.3. The van der Waals surface area contributed by atoms with Crippen LogP contribution in [0.2, 0.25) is 0 Å².